The zero-order valence-corrected chi connectivity index (χ0v) is 13.5. The van der Waals surface area contributed by atoms with Crippen LogP contribution in [0.25, 0.3) is 0 Å². The molecule has 7 heteroatoms. The van der Waals surface area contributed by atoms with Gasteiger partial charge in [-0.25, -0.2) is 0 Å². The van der Waals surface area contributed by atoms with Crippen molar-refractivity contribution in [2.75, 3.05) is 26.2 Å². The summed E-state index contributed by atoms with van der Waals surface area (Å²) in [6.45, 7) is 0.730. The fourth-order valence-electron chi connectivity index (χ4n) is 2.79. The number of carbonyl (C=O) groups is 1. The summed E-state index contributed by atoms with van der Waals surface area (Å²) in [5, 5.41) is 12.4. The first-order valence-electron chi connectivity index (χ1n) is 8.12. The highest BCUT2D eigenvalue weighted by atomic mass is 19.4. The molecule has 0 radical (unpaired) electrons. The number of amides is 1. The lowest BCUT2D eigenvalue weighted by atomic mass is 9.91. The second kappa shape index (κ2) is 7.98. The molecule has 0 aliphatic carbocycles. The molecule has 1 amide bonds. The van der Waals surface area contributed by atoms with E-state index in [1.54, 1.807) is 4.90 Å². The molecule has 1 aliphatic heterocycles. The van der Waals surface area contributed by atoms with E-state index in [2.05, 4.69) is 5.32 Å². The number of aliphatic hydroxyl groups is 1. The molecule has 0 atom stereocenters. The maximum absolute atomic E-state index is 12.7. The normalized spacial score (nSPS) is 18.3. The SMILES string of the molecule is O=C(CN1CCC(O)(C(F)(F)F)CC1)NCCCc1ccccc1. The van der Waals surface area contributed by atoms with Crippen molar-refractivity contribution in [2.45, 2.75) is 37.5 Å². The Kier molecular flexibility index (Phi) is 6.23. The topological polar surface area (TPSA) is 52.6 Å². The van der Waals surface area contributed by atoms with Gasteiger partial charge in [-0.1, -0.05) is 30.3 Å². The van der Waals surface area contributed by atoms with E-state index in [-0.39, 0.29) is 25.5 Å². The van der Waals surface area contributed by atoms with Gasteiger partial charge >= 0.3 is 6.18 Å². The highest BCUT2D eigenvalue weighted by Crippen LogP contribution is 2.38. The Hall–Kier alpha value is -1.60. The zero-order chi connectivity index (χ0) is 17.6. The summed E-state index contributed by atoms with van der Waals surface area (Å²) in [5.41, 5.74) is -1.41. The molecule has 1 aliphatic rings. The second-order valence-corrected chi connectivity index (χ2v) is 6.24. The molecule has 1 aromatic carbocycles. The van der Waals surface area contributed by atoms with Crippen LogP contribution in [0.1, 0.15) is 24.8 Å². The summed E-state index contributed by atoms with van der Waals surface area (Å²) in [6.07, 6.45) is -3.72. The molecule has 0 spiro atoms. The molecular formula is C17H23F3N2O2. The number of likely N-dealkylation sites (tertiary alicyclic amines) is 1. The monoisotopic (exact) mass is 344 g/mol. The van der Waals surface area contributed by atoms with Crippen molar-refractivity contribution in [3.63, 3.8) is 0 Å². The summed E-state index contributed by atoms with van der Waals surface area (Å²) in [6, 6.07) is 9.93. The van der Waals surface area contributed by atoms with Crippen molar-refractivity contribution < 1.29 is 23.1 Å². The summed E-state index contributed by atoms with van der Waals surface area (Å²) in [5.74, 6) is -0.194. The highest BCUT2D eigenvalue weighted by Gasteiger charge is 2.54. The Morgan fingerprint density at radius 1 is 1.21 bits per heavy atom. The molecule has 0 aromatic heterocycles. The first-order chi connectivity index (χ1) is 11.3. The van der Waals surface area contributed by atoms with Crippen molar-refractivity contribution in [3.8, 4) is 0 Å². The largest absolute Gasteiger partial charge is 0.417 e. The third-order valence-corrected chi connectivity index (χ3v) is 4.39. The number of hydrogen-bond acceptors (Lipinski definition) is 3. The zero-order valence-electron chi connectivity index (χ0n) is 13.5. The number of aryl methyl sites for hydroxylation is 1. The van der Waals surface area contributed by atoms with Gasteiger partial charge in [-0.05, 0) is 31.2 Å². The van der Waals surface area contributed by atoms with Crippen LogP contribution in [0.3, 0.4) is 0 Å². The fourth-order valence-corrected chi connectivity index (χ4v) is 2.79. The number of piperidine rings is 1. The van der Waals surface area contributed by atoms with E-state index >= 15 is 0 Å². The summed E-state index contributed by atoms with van der Waals surface area (Å²) in [4.78, 5) is 13.5. The lowest BCUT2D eigenvalue weighted by Crippen LogP contribution is -2.54. The maximum Gasteiger partial charge on any atom is 0.417 e. The Morgan fingerprint density at radius 3 is 2.42 bits per heavy atom. The van der Waals surface area contributed by atoms with Crippen molar-refractivity contribution in [1.29, 1.82) is 0 Å². The molecule has 24 heavy (non-hydrogen) atoms. The predicted molar refractivity (Wildman–Crippen MR) is 84.5 cm³/mol. The van der Waals surface area contributed by atoms with Gasteiger partial charge in [-0.15, -0.1) is 0 Å². The smallest absolute Gasteiger partial charge is 0.380 e. The van der Waals surface area contributed by atoms with Crippen LogP contribution in [0.4, 0.5) is 13.2 Å². The predicted octanol–water partition coefficient (Wildman–Crippen LogP) is 2.12. The van der Waals surface area contributed by atoms with Gasteiger partial charge in [0.2, 0.25) is 5.91 Å². The Labute approximate surface area is 139 Å². The standard InChI is InChI=1S/C17H23F3N2O2/c18-17(19,20)16(24)8-11-22(12-9-16)13-15(23)21-10-4-7-14-5-2-1-3-6-14/h1-3,5-6,24H,4,7-13H2,(H,21,23). The van der Waals surface area contributed by atoms with Gasteiger partial charge in [-0.3, -0.25) is 9.69 Å². The Balaban J connectivity index is 1.63. The van der Waals surface area contributed by atoms with E-state index in [1.165, 1.54) is 5.56 Å². The molecule has 1 fully saturated rings. The fraction of sp³-hybridized carbons (Fsp3) is 0.588. The number of rotatable bonds is 6. The molecule has 134 valence electrons. The number of halogens is 3. The first-order valence-corrected chi connectivity index (χ1v) is 8.12. The second-order valence-electron chi connectivity index (χ2n) is 6.24. The van der Waals surface area contributed by atoms with Crippen LogP contribution in [0.5, 0.6) is 0 Å². The molecule has 2 rings (SSSR count). The van der Waals surface area contributed by atoms with Gasteiger partial charge in [0.05, 0.1) is 6.54 Å². The number of hydrogen-bond donors (Lipinski definition) is 2. The molecule has 0 saturated carbocycles. The average molecular weight is 344 g/mol. The van der Waals surface area contributed by atoms with E-state index in [0.717, 1.165) is 12.8 Å². The van der Waals surface area contributed by atoms with Crippen LogP contribution in [0, 0.1) is 0 Å². The molecule has 1 aromatic rings. The van der Waals surface area contributed by atoms with Gasteiger partial charge in [0.25, 0.3) is 0 Å². The highest BCUT2D eigenvalue weighted by molar-refractivity contribution is 5.77. The number of carbonyl (C=O) groups excluding carboxylic acids is 1. The third kappa shape index (κ3) is 5.21. The average Bonchev–Trinajstić information content (AvgIpc) is 2.54. The molecule has 0 unspecified atom stereocenters. The number of nitrogens with one attached hydrogen (secondary N) is 1. The molecule has 4 nitrogen and oxygen atoms in total. The minimum absolute atomic E-state index is 0.0629. The van der Waals surface area contributed by atoms with Gasteiger partial charge < -0.3 is 10.4 Å². The van der Waals surface area contributed by atoms with Crippen LogP contribution in [0.15, 0.2) is 30.3 Å². The van der Waals surface area contributed by atoms with Crippen molar-refractivity contribution in [2.24, 2.45) is 0 Å². The lowest BCUT2D eigenvalue weighted by molar-refractivity contribution is -0.272. The quantitative estimate of drug-likeness (QED) is 0.778. The number of alkyl halides is 3. The maximum atomic E-state index is 12.7. The molecule has 1 saturated heterocycles. The minimum atomic E-state index is -4.61. The van der Waals surface area contributed by atoms with Crippen molar-refractivity contribution in [1.82, 2.24) is 10.2 Å². The molecular weight excluding hydrogens is 321 g/mol. The Morgan fingerprint density at radius 2 is 1.83 bits per heavy atom. The van der Waals surface area contributed by atoms with Gasteiger partial charge in [0.15, 0.2) is 5.60 Å². The van der Waals surface area contributed by atoms with Gasteiger partial charge in [0, 0.05) is 19.6 Å². The van der Waals surface area contributed by atoms with E-state index in [9.17, 15) is 23.1 Å². The number of benzene rings is 1. The van der Waals surface area contributed by atoms with Crippen LogP contribution in [0.2, 0.25) is 0 Å². The molecule has 2 N–H and O–H groups in total. The van der Waals surface area contributed by atoms with Gasteiger partial charge in [-0.2, -0.15) is 13.2 Å². The van der Waals surface area contributed by atoms with E-state index in [1.807, 2.05) is 30.3 Å². The van der Waals surface area contributed by atoms with E-state index in [0.29, 0.717) is 6.54 Å². The Bertz CT molecular complexity index is 526. The lowest BCUT2D eigenvalue weighted by Gasteiger charge is -2.38. The molecule has 0 bridgehead atoms. The van der Waals surface area contributed by atoms with E-state index in [4.69, 9.17) is 0 Å². The van der Waals surface area contributed by atoms with Crippen LogP contribution >= 0.6 is 0 Å². The molecule has 1 heterocycles. The summed E-state index contributed by atoms with van der Waals surface area (Å²) >= 11 is 0. The van der Waals surface area contributed by atoms with Crippen LogP contribution < -0.4 is 5.32 Å². The van der Waals surface area contributed by atoms with Gasteiger partial charge in [0.1, 0.15) is 0 Å². The van der Waals surface area contributed by atoms with Crippen molar-refractivity contribution >= 4 is 5.91 Å². The minimum Gasteiger partial charge on any atom is -0.380 e. The first kappa shape index (κ1) is 18.7. The van der Waals surface area contributed by atoms with Crippen molar-refractivity contribution in [3.05, 3.63) is 35.9 Å². The van der Waals surface area contributed by atoms with Crippen LogP contribution in [-0.2, 0) is 11.2 Å². The van der Waals surface area contributed by atoms with Crippen LogP contribution in [-0.4, -0.2) is 53.9 Å². The van der Waals surface area contributed by atoms with E-state index < -0.39 is 24.6 Å². The number of nitrogens with zero attached hydrogens (tertiary/aromatic N) is 1. The summed E-state index contributed by atoms with van der Waals surface area (Å²) in [7, 11) is 0. The summed E-state index contributed by atoms with van der Waals surface area (Å²) < 4.78 is 38.1. The third-order valence-electron chi connectivity index (χ3n) is 4.39.